The summed E-state index contributed by atoms with van der Waals surface area (Å²) in [5.41, 5.74) is 2.18. The Morgan fingerprint density at radius 3 is 2.72 bits per heavy atom. The molecular formula is C13H17BrClNO2. The maximum Gasteiger partial charge on any atom is 0.407 e. The van der Waals surface area contributed by atoms with E-state index in [0.29, 0.717) is 6.61 Å². The molecule has 3 nitrogen and oxygen atoms in total. The minimum absolute atomic E-state index is 0. The minimum Gasteiger partial charge on any atom is -0.449 e. The molecule has 100 valence electrons. The summed E-state index contributed by atoms with van der Waals surface area (Å²) in [5.74, 6) is 0. The van der Waals surface area contributed by atoms with Crippen molar-refractivity contribution < 1.29 is 9.53 Å². The van der Waals surface area contributed by atoms with E-state index in [4.69, 9.17) is 4.74 Å². The Balaban J connectivity index is 0.00000162. The molecule has 0 aromatic heterocycles. The largest absolute Gasteiger partial charge is 0.449 e. The summed E-state index contributed by atoms with van der Waals surface area (Å²) < 4.78 is 6.10. The molecule has 0 spiro atoms. The van der Waals surface area contributed by atoms with Crippen LogP contribution in [0.25, 0.3) is 0 Å². The molecule has 1 aromatic carbocycles. The molecule has 5 heteroatoms. The van der Waals surface area contributed by atoms with Gasteiger partial charge in [0.1, 0.15) is 6.61 Å². The summed E-state index contributed by atoms with van der Waals surface area (Å²) in [6.45, 7) is 6.66. The van der Waals surface area contributed by atoms with Crippen molar-refractivity contribution in [2.24, 2.45) is 5.41 Å². The van der Waals surface area contributed by atoms with Gasteiger partial charge in [-0.2, -0.15) is 0 Å². The molecule has 18 heavy (non-hydrogen) atoms. The van der Waals surface area contributed by atoms with E-state index >= 15 is 0 Å². The first kappa shape index (κ1) is 15.3. The third-order valence-corrected chi connectivity index (χ3v) is 4.00. The molecule has 1 amide bonds. The predicted octanol–water partition coefficient (Wildman–Crippen LogP) is 3.99. The van der Waals surface area contributed by atoms with Crippen LogP contribution >= 0.6 is 28.3 Å². The average Bonchev–Trinajstić information content (AvgIpc) is 2.26. The number of halogens is 2. The maximum absolute atomic E-state index is 11.3. The van der Waals surface area contributed by atoms with Crippen LogP contribution in [0.3, 0.4) is 0 Å². The van der Waals surface area contributed by atoms with Crippen molar-refractivity contribution in [1.82, 2.24) is 5.32 Å². The Hall–Kier alpha value is -0.740. The smallest absolute Gasteiger partial charge is 0.407 e. The van der Waals surface area contributed by atoms with Gasteiger partial charge in [0, 0.05) is 9.89 Å². The molecule has 2 rings (SSSR count). The Bertz CT molecular complexity index is 462. The monoisotopic (exact) mass is 333 g/mol. The number of benzene rings is 1. The molecule has 0 aliphatic carbocycles. The molecule has 1 N–H and O–H groups in total. The summed E-state index contributed by atoms with van der Waals surface area (Å²) in [6.07, 6.45) is -0.342. The van der Waals surface area contributed by atoms with Crippen LogP contribution in [-0.4, -0.2) is 12.7 Å². The lowest BCUT2D eigenvalue weighted by atomic mass is 9.80. The fraction of sp³-hybridized carbons (Fsp3) is 0.462. The third-order valence-electron chi connectivity index (χ3n) is 3.15. The molecule has 0 radical (unpaired) electrons. The fourth-order valence-electron chi connectivity index (χ4n) is 2.01. The lowest BCUT2D eigenvalue weighted by molar-refractivity contribution is 0.0387. The van der Waals surface area contributed by atoms with E-state index < -0.39 is 0 Å². The topological polar surface area (TPSA) is 38.3 Å². The molecule has 1 aliphatic rings. The molecule has 1 atom stereocenters. The van der Waals surface area contributed by atoms with E-state index in [9.17, 15) is 4.79 Å². The van der Waals surface area contributed by atoms with Gasteiger partial charge in [0.15, 0.2) is 0 Å². The molecule has 1 fully saturated rings. The van der Waals surface area contributed by atoms with Gasteiger partial charge in [0.25, 0.3) is 0 Å². The van der Waals surface area contributed by atoms with Crippen molar-refractivity contribution in [2.75, 3.05) is 6.61 Å². The Morgan fingerprint density at radius 1 is 1.44 bits per heavy atom. The van der Waals surface area contributed by atoms with Crippen molar-refractivity contribution in [1.29, 1.82) is 0 Å². The van der Waals surface area contributed by atoms with E-state index in [1.807, 2.05) is 6.92 Å². The van der Waals surface area contributed by atoms with Gasteiger partial charge in [0.05, 0.1) is 6.04 Å². The highest BCUT2D eigenvalue weighted by molar-refractivity contribution is 9.10. The molecule has 0 unspecified atom stereocenters. The normalized spacial score (nSPS) is 21.6. The molecule has 1 saturated heterocycles. The maximum atomic E-state index is 11.3. The number of ether oxygens (including phenoxy) is 1. The zero-order valence-electron chi connectivity index (χ0n) is 10.6. The van der Waals surface area contributed by atoms with Crippen LogP contribution < -0.4 is 5.32 Å². The first-order chi connectivity index (χ1) is 7.90. The average molecular weight is 335 g/mol. The van der Waals surface area contributed by atoms with E-state index in [2.05, 4.69) is 53.3 Å². The van der Waals surface area contributed by atoms with Crippen molar-refractivity contribution in [3.8, 4) is 0 Å². The molecule has 0 saturated carbocycles. The zero-order valence-corrected chi connectivity index (χ0v) is 13.0. The number of hydrogen-bond donors (Lipinski definition) is 1. The highest BCUT2D eigenvalue weighted by Crippen LogP contribution is 2.37. The number of carbonyl (C=O) groups is 1. The fourth-order valence-corrected chi connectivity index (χ4v) is 2.41. The highest BCUT2D eigenvalue weighted by Gasteiger charge is 2.37. The minimum atomic E-state index is -0.342. The van der Waals surface area contributed by atoms with Gasteiger partial charge in [-0.3, -0.25) is 0 Å². The van der Waals surface area contributed by atoms with E-state index in [-0.39, 0.29) is 30.0 Å². The third kappa shape index (κ3) is 2.98. The highest BCUT2D eigenvalue weighted by atomic mass is 79.9. The van der Waals surface area contributed by atoms with Gasteiger partial charge in [-0.05, 0) is 24.1 Å². The van der Waals surface area contributed by atoms with Gasteiger partial charge in [-0.15, -0.1) is 12.4 Å². The number of aryl methyl sites for hydroxylation is 1. The second-order valence-electron chi connectivity index (χ2n) is 5.15. The van der Waals surface area contributed by atoms with Crippen molar-refractivity contribution >= 4 is 34.4 Å². The number of carbonyl (C=O) groups excluding carboxylic acids is 1. The van der Waals surface area contributed by atoms with Gasteiger partial charge in [-0.1, -0.05) is 41.9 Å². The van der Waals surface area contributed by atoms with Gasteiger partial charge in [0.2, 0.25) is 0 Å². The number of amides is 1. The van der Waals surface area contributed by atoms with E-state index in [1.165, 1.54) is 5.56 Å². The molecular weight excluding hydrogens is 318 g/mol. The van der Waals surface area contributed by atoms with Crippen LogP contribution in [0.1, 0.15) is 31.0 Å². The number of alkyl carbamates (subject to hydrolysis) is 1. The second kappa shape index (κ2) is 5.49. The molecule has 1 heterocycles. The van der Waals surface area contributed by atoms with Crippen LogP contribution in [0.2, 0.25) is 0 Å². The lowest BCUT2D eigenvalue weighted by Crippen LogP contribution is -2.46. The summed E-state index contributed by atoms with van der Waals surface area (Å²) in [4.78, 5) is 11.3. The number of cyclic esters (lactones) is 1. The lowest BCUT2D eigenvalue weighted by Gasteiger charge is -2.38. The van der Waals surface area contributed by atoms with Crippen LogP contribution in [-0.2, 0) is 4.74 Å². The molecule has 1 aromatic rings. The summed E-state index contributed by atoms with van der Waals surface area (Å²) in [5, 5.41) is 2.89. The van der Waals surface area contributed by atoms with Crippen LogP contribution in [0.4, 0.5) is 4.79 Å². The van der Waals surface area contributed by atoms with Crippen LogP contribution in [0.15, 0.2) is 22.7 Å². The zero-order chi connectivity index (χ0) is 12.6. The van der Waals surface area contributed by atoms with Crippen LogP contribution in [0, 0.1) is 12.3 Å². The quantitative estimate of drug-likeness (QED) is 0.843. The summed E-state index contributed by atoms with van der Waals surface area (Å²) in [6, 6.07) is 6.16. The standard InChI is InChI=1S/C13H16BrNO2.ClH/c1-8-4-5-9(6-10(8)14)11-13(2,3)7-17-12(16)15-11;/h4-6,11H,7H2,1-3H3,(H,15,16);1H/t11-;/m1./s1. The van der Waals surface area contributed by atoms with Crippen molar-refractivity contribution in [2.45, 2.75) is 26.8 Å². The summed E-state index contributed by atoms with van der Waals surface area (Å²) in [7, 11) is 0. The Kier molecular flexibility index (Phi) is 4.67. The molecule has 0 bridgehead atoms. The van der Waals surface area contributed by atoms with Crippen molar-refractivity contribution in [3.63, 3.8) is 0 Å². The predicted molar refractivity (Wildman–Crippen MR) is 77.1 cm³/mol. The first-order valence-electron chi connectivity index (χ1n) is 5.59. The number of hydrogen-bond acceptors (Lipinski definition) is 2. The second-order valence-corrected chi connectivity index (χ2v) is 6.01. The van der Waals surface area contributed by atoms with Crippen molar-refractivity contribution in [3.05, 3.63) is 33.8 Å². The molecule has 1 aliphatic heterocycles. The van der Waals surface area contributed by atoms with E-state index in [1.54, 1.807) is 0 Å². The van der Waals surface area contributed by atoms with Gasteiger partial charge >= 0.3 is 6.09 Å². The number of rotatable bonds is 1. The Morgan fingerprint density at radius 2 is 2.11 bits per heavy atom. The Labute approximate surface area is 122 Å². The SMILES string of the molecule is Cc1ccc([C@H]2NC(=O)OCC2(C)C)cc1Br.Cl. The first-order valence-corrected chi connectivity index (χ1v) is 6.39. The number of nitrogens with one attached hydrogen (secondary N) is 1. The van der Waals surface area contributed by atoms with E-state index in [0.717, 1.165) is 10.0 Å². The van der Waals surface area contributed by atoms with Gasteiger partial charge < -0.3 is 10.1 Å². The van der Waals surface area contributed by atoms with Gasteiger partial charge in [-0.25, -0.2) is 4.79 Å². The van der Waals surface area contributed by atoms with Crippen LogP contribution in [0.5, 0.6) is 0 Å². The summed E-state index contributed by atoms with van der Waals surface area (Å²) >= 11 is 3.52.